The average Bonchev–Trinajstić information content (AvgIpc) is 2.91. The number of rotatable bonds is 3. The van der Waals surface area contributed by atoms with E-state index in [2.05, 4.69) is 10.1 Å². The number of benzene rings is 1. The first-order valence-electron chi connectivity index (χ1n) is 7.60. The summed E-state index contributed by atoms with van der Waals surface area (Å²) in [6, 6.07) is 9.54. The van der Waals surface area contributed by atoms with Crippen LogP contribution in [0.5, 0.6) is 5.75 Å². The maximum absolute atomic E-state index is 12.9. The summed E-state index contributed by atoms with van der Waals surface area (Å²) >= 11 is 0. The van der Waals surface area contributed by atoms with E-state index in [1.807, 2.05) is 41.9 Å². The van der Waals surface area contributed by atoms with Gasteiger partial charge in [0.15, 0.2) is 0 Å². The lowest BCUT2D eigenvalue weighted by Gasteiger charge is -2.07. The Bertz CT molecular complexity index is 1110. The predicted octanol–water partition coefficient (Wildman–Crippen LogP) is 2.34. The maximum atomic E-state index is 12.9. The van der Waals surface area contributed by atoms with E-state index in [4.69, 9.17) is 4.74 Å². The minimum atomic E-state index is -0.117. The van der Waals surface area contributed by atoms with Crippen LogP contribution in [0.3, 0.4) is 0 Å². The molecule has 1 aromatic carbocycles. The van der Waals surface area contributed by atoms with Crippen molar-refractivity contribution < 1.29 is 4.74 Å². The molecule has 3 heterocycles. The van der Waals surface area contributed by atoms with Gasteiger partial charge in [-0.3, -0.25) is 9.78 Å². The van der Waals surface area contributed by atoms with Crippen LogP contribution in [0.15, 0.2) is 53.7 Å². The summed E-state index contributed by atoms with van der Waals surface area (Å²) < 4.78 is 8.59. The smallest absolute Gasteiger partial charge is 0.291 e. The third-order valence-corrected chi connectivity index (χ3v) is 4.27. The van der Waals surface area contributed by atoms with Gasteiger partial charge in [0, 0.05) is 24.0 Å². The van der Waals surface area contributed by atoms with Crippen molar-refractivity contribution in [3.05, 3.63) is 64.8 Å². The first-order chi connectivity index (χ1) is 11.7. The summed E-state index contributed by atoms with van der Waals surface area (Å²) in [5, 5.41) is 6.19. The molecule has 120 valence electrons. The zero-order valence-electron chi connectivity index (χ0n) is 13.4. The van der Waals surface area contributed by atoms with Gasteiger partial charge in [-0.2, -0.15) is 5.10 Å². The number of aryl methyl sites for hydroxylation is 1. The van der Waals surface area contributed by atoms with E-state index in [1.165, 1.54) is 4.68 Å². The van der Waals surface area contributed by atoms with Crippen LogP contribution in [0.25, 0.3) is 21.8 Å². The van der Waals surface area contributed by atoms with E-state index in [0.29, 0.717) is 12.1 Å². The Hall–Kier alpha value is -3.15. The SMILES string of the molecule is COc1cccc(Cn2ncc3c4ccncc4n(C)c3c2=O)c1. The summed E-state index contributed by atoms with van der Waals surface area (Å²) in [6.45, 7) is 0.395. The number of hydrogen-bond donors (Lipinski definition) is 0. The van der Waals surface area contributed by atoms with Gasteiger partial charge < -0.3 is 9.30 Å². The van der Waals surface area contributed by atoms with Crippen molar-refractivity contribution in [2.45, 2.75) is 6.54 Å². The molecule has 0 aliphatic heterocycles. The number of pyridine rings is 1. The van der Waals surface area contributed by atoms with Gasteiger partial charge in [0.25, 0.3) is 5.56 Å². The second-order valence-corrected chi connectivity index (χ2v) is 5.67. The molecule has 0 aliphatic carbocycles. The van der Waals surface area contributed by atoms with E-state index in [1.54, 1.807) is 25.7 Å². The normalized spacial score (nSPS) is 11.2. The monoisotopic (exact) mass is 320 g/mol. The maximum Gasteiger partial charge on any atom is 0.291 e. The Kier molecular flexibility index (Phi) is 3.30. The van der Waals surface area contributed by atoms with Crippen molar-refractivity contribution >= 4 is 21.8 Å². The highest BCUT2D eigenvalue weighted by Gasteiger charge is 2.14. The molecule has 6 nitrogen and oxygen atoms in total. The molecule has 0 saturated heterocycles. The van der Waals surface area contributed by atoms with Gasteiger partial charge in [-0.1, -0.05) is 12.1 Å². The molecule has 0 atom stereocenters. The average molecular weight is 320 g/mol. The molecule has 0 spiro atoms. The Morgan fingerprint density at radius 1 is 1.17 bits per heavy atom. The molecule has 3 aromatic heterocycles. The predicted molar refractivity (Wildman–Crippen MR) is 92.4 cm³/mol. The molecule has 4 aromatic rings. The zero-order valence-corrected chi connectivity index (χ0v) is 13.4. The van der Waals surface area contributed by atoms with Gasteiger partial charge in [0.2, 0.25) is 0 Å². The van der Waals surface area contributed by atoms with Gasteiger partial charge in [0.05, 0.1) is 31.6 Å². The van der Waals surface area contributed by atoms with Crippen LogP contribution in [0.1, 0.15) is 5.56 Å². The third kappa shape index (κ3) is 2.15. The Labute approximate surface area is 137 Å². The third-order valence-electron chi connectivity index (χ3n) is 4.27. The first-order valence-corrected chi connectivity index (χ1v) is 7.60. The van der Waals surface area contributed by atoms with Crippen molar-refractivity contribution in [1.29, 1.82) is 0 Å². The lowest BCUT2D eigenvalue weighted by Crippen LogP contribution is -2.24. The summed E-state index contributed by atoms with van der Waals surface area (Å²) in [5.41, 5.74) is 2.40. The number of nitrogens with zero attached hydrogens (tertiary/aromatic N) is 4. The molecular weight excluding hydrogens is 304 g/mol. The molecular formula is C18H16N4O2. The number of ether oxygens (including phenoxy) is 1. The summed E-state index contributed by atoms with van der Waals surface area (Å²) in [6.07, 6.45) is 5.24. The summed E-state index contributed by atoms with van der Waals surface area (Å²) in [5.74, 6) is 0.761. The van der Waals surface area contributed by atoms with Crippen molar-refractivity contribution in [3.8, 4) is 5.75 Å². The fraction of sp³-hybridized carbons (Fsp3) is 0.167. The largest absolute Gasteiger partial charge is 0.497 e. The van der Waals surface area contributed by atoms with Crippen molar-refractivity contribution in [1.82, 2.24) is 19.3 Å². The highest BCUT2D eigenvalue weighted by molar-refractivity contribution is 6.06. The van der Waals surface area contributed by atoms with Crippen LogP contribution >= 0.6 is 0 Å². The van der Waals surface area contributed by atoms with Crippen molar-refractivity contribution in [2.24, 2.45) is 7.05 Å². The molecule has 0 saturated carbocycles. The van der Waals surface area contributed by atoms with E-state index < -0.39 is 0 Å². The van der Waals surface area contributed by atoms with Gasteiger partial charge in [-0.05, 0) is 23.8 Å². The molecule has 24 heavy (non-hydrogen) atoms. The lowest BCUT2D eigenvalue weighted by atomic mass is 10.2. The minimum absolute atomic E-state index is 0.117. The van der Waals surface area contributed by atoms with Crippen LogP contribution in [-0.2, 0) is 13.6 Å². The first kappa shape index (κ1) is 14.4. The second-order valence-electron chi connectivity index (χ2n) is 5.67. The number of fused-ring (bicyclic) bond motifs is 3. The summed E-state index contributed by atoms with van der Waals surface area (Å²) in [4.78, 5) is 17.0. The van der Waals surface area contributed by atoms with Crippen molar-refractivity contribution in [3.63, 3.8) is 0 Å². The van der Waals surface area contributed by atoms with Crippen LogP contribution < -0.4 is 10.3 Å². The zero-order chi connectivity index (χ0) is 16.7. The Balaban J connectivity index is 1.88. The molecule has 0 unspecified atom stereocenters. The quantitative estimate of drug-likeness (QED) is 0.581. The van der Waals surface area contributed by atoms with E-state index in [0.717, 1.165) is 27.6 Å². The van der Waals surface area contributed by atoms with Crippen LogP contribution in [0.2, 0.25) is 0 Å². The summed E-state index contributed by atoms with van der Waals surface area (Å²) in [7, 11) is 3.50. The fourth-order valence-corrected chi connectivity index (χ4v) is 3.06. The van der Waals surface area contributed by atoms with Crippen LogP contribution in [-0.4, -0.2) is 26.4 Å². The van der Waals surface area contributed by atoms with Crippen LogP contribution in [0, 0.1) is 0 Å². The van der Waals surface area contributed by atoms with Gasteiger partial charge in [-0.25, -0.2) is 4.68 Å². The van der Waals surface area contributed by atoms with Crippen LogP contribution in [0.4, 0.5) is 0 Å². The molecule has 4 rings (SSSR count). The molecule has 0 fully saturated rings. The Morgan fingerprint density at radius 2 is 2.04 bits per heavy atom. The second kappa shape index (κ2) is 5.49. The van der Waals surface area contributed by atoms with Gasteiger partial charge in [0.1, 0.15) is 11.3 Å². The van der Waals surface area contributed by atoms with Crippen molar-refractivity contribution in [2.75, 3.05) is 7.11 Å². The highest BCUT2D eigenvalue weighted by atomic mass is 16.5. The minimum Gasteiger partial charge on any atom is -0.497 e. The molecule has 0 N–H and O–H groups in total. The highest BCUT2D eigenvalue weighted by Crippen LogP contribution is 2.24. The Morgan fingerprint density at radius 3 is 2.88 bits per heavy atom. The molecule has 0 aliphatic rings. The fourth-order valence-electron chi connectivity index (χ4n) is 3.06. The number of hydrogen-bond acceptors (Lipinski definition) is 4. The molecule has 0 radical (unpaired) electrons. The standard InChI is InChI=1S/C18H16N4O2/c1-21-16-10-19-7-6-14(16)15-9-20-22(18(23)17(15)21)11-12-4-3-5-13(8-12)24-2/h3-10H,11H2,1-2H3. The van der Waals surface area contributed by atoms with E-state index in [9.17, 15) is 4.79 Å². The topological polar surface area (TPSA) is 61.9 Å². The van der Waals surface area contributed by atoms with E-state index >= 15 is 0 Å². The van der Waals surface area contributed by atoms with E-state index in [-0.39, 0.29) is 5.56 Å². The molecule has 0 amide bonds. The molecule has 6 heteroatoms. The number of methoxy groups -OCH3 is 1. The molecule has 0 bridgehead atoms. The number of aromatic nitrogens is 4. The lowest BCUT2D eigenvalue weighted by molar-refractivity contribution is 0.414. The van der Waals surface area contributed by atoms with Gasteiger partial charge >= 0.3 is 0 Å². The van der Waals surface area contributed by atoms with Gasteiger partial charge in [-0.15, -0.1) is 0 Å².